The molecule has 5 heterocycles. The summed E-state index contributed by atoms with van der Waals surface area (Å²) in [5, 5.41) is 19.4. The summed E-state index contributed by atoms with van der Waals surface area (Å²) in [6.45, 7) is 5.29. The number of carbonyl (C=O) groups excluding carboxylic acids is 1. The number of hydrogen-bond acceptors (Lipinski definition) is 7. The van der Waals surface area contributed by atoms with Crippen LogP contribution in [-0.4, -0.2) is 96.4 Å². The number of fused-ring (bicyclic) bond motifs is 2. The number of rotatable bonds is 5. The van der Waals surface area contributed by atoms with E-state index in [2.05, 4.69) is 4.90 Å². The predicted octanol–water partition coefficient (Wildman–Crippen LogP) is 2.51. The van der Waals surface area contributed by atoms with Crippen LogP contribution in [0.25, 0.3) is 0 Å². The van der Waals surface area contributed by atoms with E-state index in [-0.39, 0.29) is 18.8 Å². The third-order valence-corrected chi connectivity index (χ3v) is 9.18. The molecule has 6 atom stereocenters. The van der Waals surface area contributed by atoms with E-state index in [0.29, 0.717) is 45.7 Å². The van der Waals surface area contributed by atoms with Crippen molar-refractivity contribution < 1.29 is 42.1 Å². The lowest BCUT2D eigenvalue weighted by Gasteiger charge is -2.45. The van der Waals surface area contributed by atoms with E-state index in [1.165, 1.54) is 15.9 Å². The van der Waals surface area contributed by atoms with Crippen molar-refractivity contribution in [1.29, 1.82) is 5.26 Å². The number of carbonyl (C=O) groups is 2. The van der Waals surface area contributed by atoms with Crippen molar-refractivity contribution >= 4 is 17.7 Å². The molecule has 1 aromatic rings. The maximum Gasteiger partial charge on any atom is 0.417 e. The number of anilines is 1. The van der Waals surface area contributed by atoms with E-state index in [9.17, 15) is 33.1 Å². The molecule has 10 nitrogen and oxygen atoms in total. The second kappa shape index (κ2) is 9.05. The zero-order valence-electron chi connectivity index (χ0n) is 21.3. The lowest BCUT2D eigenvalue weighted by Crippen LogP contribution is -2.60. The Hall–Kier alpha value is -2.92. The first-order valence-electron chi connectivity index (χ1n) is 13.1. The van der Waals surface area contributed by atoms with Gasteiger partial charge in [-0.05, 0) is 25.1 Å². The second-order valence-corrected chi connectivity index (χ2v) is 11.1. The predicted molar refractivity (Wildman–Crippen MR) is 128 cm³/mol. The van der Waals surface area contributed by atoms with Crippen LogP contribution in [0, 0.1) is 23.2 Å². The van der Waals surface area contributed by atoms with Gasteiger partial charge in [0, 0.05) is 50.6 Å². The van der Waals surface area contributed by atoms with Gasteiger partial charge >= 0.3 is 12.3 Å². The van der Waals surface area contributed by atoms with Crippen molar-refractivity contribution in [1.82, 2.24) is 9.80 Å². The topological polar surface area (TPSA) is 116 Å². The number of benzene rings is 1. The minimum absolute atomic E-state index is 0.00951. The summed E-state index contributed by atoms with van der Waals surface area (Å²) in [7, 11) is 0. The van der Waals surface area contributed by atoms with Gasteiger partial charge in [0.15, 0.2) is 0 Å². The Morgan fingerprint density at radius 3 is 2.69 bits per heavy atom. The highest BCUT2D eigenvalue weighted by molar-refractivity contribution is 6.00. The van der Waals surface area contributed by atoms with Crippen molar-refractivity contribution in [2.24, 2.45) is 11.8 Å². The van der Waals surface area contributed by atoms with Gasteiger partial charge in [0.25, 0.3) is 0 Å². The van der Waals surface area contributed by atoms with Crippen LogP contribution < -0.4 is 4.90 Å². The fraction of sp³-hybridized carbons (Fsp3) is 0.654. The maximum absolute atomic E-state index is 14.0. The molecule has 5 fully saturated rings. The molecule has 13 heteroatoms. The molecule has 5 aliphatic heterocycles. The molecular formula is C26H29F3N4O6. The zero-order chi connectivity index (χ0) is 27.7. The van der Waals surface area contributed by atoms with Crippen LogP contribution in [0.15, 0.2) is 18.2 Å². The average molecular weight is 551 g/mol. The van der Waals surface area contributed by atoms with Gasteiger partial charge in [-0.25, -0.2) is 4.79 Å². The molecule has 0 saturated carbocycles. The molecule has 0 unspecified atom stereocenters. The van der Waals surface area contributed by atoms with Crippen molar-refractivity contribution in [3.05, 3.63) is 29.3 Å². The van der Waals surface area contributed by atoms with Gasteiger partial charge < -0.3 is 24.2 Å². The van der Waals surface area contributed by atoms with E-state index in [1.807, 2.05) is 0 Å². The molecule has 39 heavy (non-hydrogen) atoms. The standard InChI is InChI=1S/C26H29F3N4O6/c1-24-18(32(23(35)36)6-5-31-7-10-37-11-8-31)13-25(39-24)4-9-38-22-20(25)19(24)21(34)33(22)16-3-2-15(14-30)17(12-16)26(27,28)29/h2-3,12,18-20,22H,4-11,13H2,1H3,(H,35,36)/t18-,19+,20-,22-,24+,25-/m1/s1. The maximum atomic E-state index is 14.0. The number of halogens is 3. The summed E-state index contributed by atoms with van der Waals surface area (Å²) in [6.07, 6.45) is -5.90. The van der Waals surface area contributed by atoms with Crippen molar-refractivity contribution in [2.45, 2.75) is 49.4 Å². The third-order valence-electron chi connectivity index (χ3n) is 9.18. The van der Waals surface area contributed by atoms with Gasteiger partial charge in [-0.2, -0.15) is 18.4 Å². The smallest absolute Gasteiger partial charge is 0.417 e. The van der Waals surface area contributed by atoms with Gasteiger partial charge in [0.1, 0.15) is 6.23 Å². The molecule has 0 radical (unpaired) electrons. The molecule has 0 aromatic heterocycles. The number of ether oxygens (including phenoxy) is 3. The molecule has 1 spiro atoms. The highest BCUT2D eigenvalue weighted by Crippen LogP contribution is 2.66. The Balaban J connectivity index is 1.33. The summed E-state index contributed by atoms with van der Waals surface area (Å²) >= 11 is 0. The second-order valence-electron chi connectivity index (χ2n) is 11.1. The minimum Gasteiger partial charge on any atom is -0.465 e. The fourth-order valence-corrected chi connectivity index (χ4v) is 7.49. The highest BCUT2D eigenvalue weighted by Gasteiger charge is 2.79. The molecule has 210 valence electrons. The van der Waals surface area contributed by atoms with Crippen molar-refractivity contribution in [3.63, 3.8) is 0 Å². The molecule has 2 amide bonds. The molecule has 1 aromatic carbocycles. The molecule has 5 aliphatic rings. The molecule has 0 aliphatic carbocycles. The molecule has 6 rings (SSSR count). The first-order chi connectivity index (χ1) is 18.5. The number of nitriles is 1. The van der Waals surface area contributed by atoms with Crippen LogP contribution in [-0.2, 0) is 25.2 Å². The summed E-state index contributed by atoms with van der Waals surface area (Å²) in [5.41, 5.74) is -3.67. The largest absolute Gasteiger partial charge is 0.465 e. The van der Waals surface area contributed by atoms with Crippen LogP contribution in [0.3, 0.4) is 0 Å². The van der Waals surface area contributed by atoms with Crippen LogP contribution in [0.2, 0.25) is 0 Å². The number of alkyl halides is 3. The van der Waals surface area contributed by atoms with Gasteiger partial charge in [-0.15, -0.1) is 0 Å². The summed E-state index contributed by atoms with van der Waals surface area (Å²) in [6, 6.07) is 4.16. The Morgan fingerprint density at radius 2 is 2.03 bits per heavy atom. The normalized spacial score (nSPS) is 35.7. The van der Waals surface area contributed by atoms with Crippen LogP contribution >= 0.6 is 0 Å². The van der Waals surface area contributed by atoms with E-state index >= 15 is 0 Å². The van der Waals surface area contributed by atoms with Gasteiger partial charge in [-0.3, -0.25) is 14.6 Å². The zero-order valence-corrected chi connectivity index (χ0v) is 21.3. The minimum atomic E-state index is -4.78. The first-order valence-corrected chi connectivity index (χ1v) is 13.1. The Bertz CT molecular complexity index is 1230. The average Bonchev–Trinajstić information content (AvgIpc) is 3.47. The number of nitrogens with zero attached hydrogens (tertiary/aromatic N) is 4. The lowest BCUT2D eigenvalue weighted by molar-refractivity contribution is -0.141. The summed E-state index contributed by atoms with van der Waals surface area (Å²) < 4.78 is 59.1. The fourth-order valence-electron chi connectivity index (χ4n) is 7.49. The van der Waals surface area contributed by atoms with Crippen LogP contribution in [0.5, 0.6) is 0 Å². The van der Waals surface area contributed by atoms with Gasteiger partial charge in [0.2, 0.25) is 5.91 Å². The third kappa shape index (κ3) is 3.91. The highest BCUT2D eigenvalue weighted by atomic mass is 19.4. The Morgan fingerprint density at radius 1 is 1.28 bits per heavy atom. The van der Waals surface area contributed by atoms with E-state index in [4.69, 9.17) is 14.2 Å². The molecule has 5 saturated heterocycles. The number of morpholine rings is 1. The van der Waals surface area contributed by atoms with Gasteiger partial charge in [0.05, 0.1) is 60.2 Å². The number of hydrogen-bond donors (Lipinski definition) is 1. The number of amides is 2. The van der Waals surface area contributed by atoms with E-state index < -0.39 is 64.6 Å². The van der Waals surface area contributed by atoms with Crippen LogP contribution in [0.1, 0.15) is 30.9 Å². The Kier molecular flexibility index (Phi) is 6.11. The number of carboxylic acid groups (broad SMARTS) is 1. The quantitative estimate of drug-likeness (QED) is 0.595. The molecule has 1 N–H and O–H groups in total. The van der Waals surface area contributed by atoms with Crippen LogP contribution in [0.4, 0.5) is 23.7 Å². The van der Waals surface area contributed by atoms with Crippen molar-refractivity contribution in [2.75, 3.05) is 50.9 Å². The Labute approximate surface area is 222 Å². The molecular weight excluding hydrogens is 521 g/mol. The van der Waals surface area contributed by atoms with E-state index in [0.717, 1.165) is 12.1 Å². The monoisotopic (exact) mass is 550 g/mol. The SMILES string of the molecule is C[C@@]12O[C@]3(CCO[C@@H]4[C@H]3[C@H]1C(=O)N4c1ccc(C#N)c(C(F)(F)F)c1)C[C@H]2N(CCN1CCOCC1)C(=O)O. The van der Waals surface area contributed by atoms with Gasteiger partial charge in [-0.1, -0.05) is 0 Å². The summed E-state index contributed by atoms with van der Waals surface area (Å²) in [5.74, 6) is -1.71. The van der Waals surface area contributed by atoms with E-state index in [1.54, 1.807) is 13.0 Å². The first kappa shape index (κ1) is 26.3. The molecule has 2 bridgehead atoms. The summed E-state index contributed by atoms with van der Waals surface area (Å²) in [4.78, 5) is 31.2. The lowest BCUT2D eigenvalue weighted by atomic mass is 9.63. The van der Waals surface area contributed by atoms with Crippen molar-refractivity contribution in [3.8, 4) is 6.07 Å².